The van der Waals surface area contributed by atoms with Gasteiger partial charge in [0.2, 0.25) is 0 Å². The quantitative estimate of drug-likeness (QED) is 0.764. The van der Waals surface area contributed by atoms with Crippen molar-refractivity contribution in [3.8, 4) is 5.75 Å². The van der Waals surface area contributed by atoms with Crippen molar-refractivity contribution in [1.29, 1.82) is 0 Å². The first-order valence-electron chi connectivity index (χ1n) is 4.54. The lowest BCUT2D eigenvalue weighted by atomic mass is 10.1. The lowest BCUT2D eigenvalue weighted by Crippen LogP contribution is -1.88. The van der Waals surface area contributed by atoms with Gasteiger partial charge in [-0.3, -0.25) is 0 Å². The first-order valence-corrected chi connectivity index (χ1v) is 5.86. The first-order chi connectivity index (χ1) is 6.77. The highest BCUT2D eigenvalue weighted by Crippen LogP contribution is 2.38. The Kier molecular flexibility index (Phi) is 2.70. The minimum atomic E-state index is 0.899. The third-order valence-electron chi connectivity index (χ3n) is 2.35. The fraction of sp³-hybridized carbons (Fsp3) is 0.273. The average Bonchev–Trinajstić information content (AvgIpc) is 2.65. The zero-order chi connectivity index (χ0) is 10.1. The Morgan fingerprint density at radius 3 is 2.93 bits per heavy atom. The Morgan fingerprint density at radius 1 is 1.50 bits per heavy atom. The van der Waals surface area contributed by atoms with Crippen molar-refractivity contribution in [3.63, 3.8) is 0 Å². The van der Waals surface area contributed by atoms with E-state index in [1.807, 2.05) is 0 Å². The number of fused-ring (bicyclic) bond motifs is 1. The highest BCUT2D eigenvalue weighted by molar-refractivity contribution is 7.80. The summed E-state index contributed by atoms with van der Waals surface area (Å²) in [5.74, 6) is 0.899. The topological polar surface area (TPSA) is 9.23 Å². The molecule has 2 aromatic rings. The van der Waals surface area contributed by atoms with E-state index in [1.54, 1.807) is 18.4 Å². The van der Waals surface area contributed by atoms with Gasteiger partial charge >= 0.3 is 0 Å². The molecule has 1 nitrogen and oxygen atoms in total. The SMILES string of the molecule is CCc1cc(S)c(OC)c2sccc12. The third-order valence-corrected chi connectivity index (χ3v) is 3.59. The van der Waals surface area contributed by atoms with Crippen molar-refractivity contribution in [2.45, 2.75) is 18.2 Å². The minimum Gasteiger partial charge on any atom is -0.494 e. The molecule has 0 fully saturated rings. The third kappa shape index (κ3) is 1.41. The highest BCUT2D eigenvalue weighted by atomic mass is 32.1. The van der Waals surface area contributed by atoms with Crippen LogP contribution in [-0.4, -0.2) is 7.11 Å². The maximum absolute atomic E-state index is 5.35. The van der Waals surface area contributed by atoms with Crippen LogP contribution in [-0.2, 0) is 6.42 Å². The van der Waals surface area contributed by atoms with Crippen molar-refractivity contribution in [2.24, 2.45) is 0 Å². The molecule has 2 rings (SSSR count). The molecule has 0 saturated carbocycles. The summed E-state index contributed by atoms with van der Waals surface area (Å²) in [4.78, 5) is 0.930. The summed E-state index contributed by atoms with van der Waals surface area (Å²) in [5, 5.41) is 3.40. The Hall–Kier alpha value is -0.670. The molecule has 0 saturated heterocycles. The normalized spacial score (nSPS) is 10.8. The standard InChI is InChI=1S/C11H12OS2/c1-3-7-6-9(13)10(12-2)11-8(7)4-5-14-11/h4-6,13H,3H2,1-2H3. The molecule has 0 bridgehead atoms. The smallest absolute Gasteiger partial charge is 0.149 e. The lowest BCUT2D eigenvalue weighted by molar-refractivity contribution is 0.411. The molecule has 0 amide bonds. The second-order valence-corrected chi connectivity index (χ2v) is 4.50. The van der Waals surface area contributed by atoms with Crippen LogP contribution in [0.3, 0.4) is 0 Å². The number of aryl methyl sites for hydroxylation is 1. The summed E-state index contributed by atoms with van der Waals surface area (Å²) in [6.45, 7) is 2.16. The van der Waals surface area contributed by atoms with E-state index in [-0.39, 0.29) is 0 Å². The van der Waals surface area contributed by atoms with Gasteiger partial charge in [0.05, 0.1) is 11.8 Å². The molecule has 1 aromatic heterocycles. The monoisotopic (exact) mass is 224 g/mol. The number of rotatable bonds is 2. The van der Waals surface area contributed by atoms with E-state index in [4.69, 9.17) is 4.74 Å². The molecule has 0 radical (unpaired) electrons. The van der Waals surface area contributed by atoms with Crippen molar-refractivity contribution in [3.05, 3.63) is 23.1 Å². The molecule has 3 heteroatoms. The molecule has 74 valence electrons. The molecule has 1 heterocycles. The highest BCUT2D eigenvalue weighted by Gasteiger charge is 2.10. The first kappa shape index (κ1) is 9.87. The minimum absolute atomic E-state index is 0.899. The lowest BCUT2D eigenvalue weighted by Gasteiger charge is -2.08. The van der Waals surface area contributed by atoms with Gasteiger partial charge in [-0.25, -0.2) is 0 Å². The van der Waals surface area contributed by atoms with Gasteiger partial charge in [0.1, 0.15) is 5.75 Å². The van der Waals surface area contributed by atoms with Crippen LogP contribution < -0.4 is 4.74 Å². The van der Waals surface area contributed by atoms with Crippen LogP contribution in [0.2, 0.25) is 0 Å². The summed E-state index contributed by atoms with van der Waals surface area (Å²) in [6.07, 6.45) is 1.03. The number of benzene rings is 1. The molecule has 14 heavy (non-hydrogen) atoms. The van der Waals surface area contributed by atoms with E-state index in [0.29, 0.717) is 0 Å². The second-order valence-electron chi connectivity index (χ2n) is 3.11. The number of ether oxygens (including phenoxy) is 1. The van der Waals surface area contributed by atoms with Gasteiger partial charge in [-0.2, -0.15) is 0 Å². The number of hydrogen-bond donors (Lipinski definition) is 1. The summed E-state index contributed by atoms with van der Waals surface area (Å²) >= 11 is 6.14. The van der Waals surface area contributed by atoms with Crippen LogP contribution in [0.15, 0.2) is 22.4 Å². The summed E-state index contributed by atoms with van der Waals surface area (Å²) in [7, 11) is 1.69. The zero-order valence-corrected chi connectivity index (χ0v) is 9.91. The summed E-state index contributed by atoms with van der Waals surface area (Å²) in [6, 6.07) is 4.24. The Bertz CT molecular complexity index is 460. The van der Waals surface area contributed by atoms with E-state index in [2.05, 4.69) is 37.1 Å². The van der Waals surface area contributed by atoms with Gasteiger partial charge in [0, 0.05) is 4.90 Å². The molecule has 0 unspecified atom stereocenters. The van der Waals surface area contributed by atoms with Gasteiger partial charge in [-0.15, -0.1) is 24.0 Å². The van der Waals surface area contributed by atoms with Crippen molar-refractivity contribution in [2.75, 3.05) is 7.11 Å². The number of thiol groups is 1. The summed E-state index contributed by atoms with van der Waals surface area (Å²) in [5.41, 5.74) is 1.34. The van der Waals surface area contributed by atoms with Crippen molar-refractivity contribution >= 4 is 34.1 Å². The van der Waals surface area contributed by atoms with Crippen LogP contribution >= 0.6 is 24.0 Å². The van der Waals surface area contributed by atoms with Gasteiger partial charge in [-0.1, -0.05) is 6.92 Å². The molecule has 1 aromatic carbocycles. The maximum atomic E-state index is 5.35. The predicted molar refractivity (Wildman–Crippen MR) is 65.0 cm³/mol. The largest absolute Gasteiger partial charge is 0.494 e. The Balaban J connectivity index is 2.81. The molecule has 0 aliphatic carbocycles. The van der Waals surface area contributed by atoms with E-state index in [1.165, 1.54) is 15.6 Å². The summed E-state index contributed by atoms with van der Waals surface area (Å²) < 4.78 is 6.56. The molecule has 0 N–H and O–H groups in total. The number of hydrogen-bond acceptors (Lipinski definition) is 3. The van der Waals surface area contributed by atoms with Crippen LogP contribution in [0.4, 0.5) is 0 Å². The van der Waals surface area contributed by atoms with Crippen LogP contribution in [0.5, 0.6) is 5.75 Å². The molecule has 0 aliphatic heterocycles. The fourth-order valence-corrected chi connectivity index (χ4v) is 3.05. The molecule has 0 spiro atoms. The number of thiophene rings is 1. The van der Waals surface area contributed by atoms with Crippen molar-refractivity contribution in [1.82, 2.24) is 0 Å². The van der Waals surface area contributed by atoms with Crippen LogP contribution in [0.25, 0.3) is 10.1 Å². The number of methoxy groups -OCH3 is 1. The molecule has 0 atom stereocenters. The Morgan fingerprint density at radius 2 is 2.29 bits per heavy atom. The van der Waals surface area contributed by atoms with Gasteiger partial charge in [-0.05, 0) is 34.9 Å². The zero-order valence-electron chi connectivity index (χ0n) is 8.20. The maximum Gasteiger partial charge on any atom is 0.149 e. The van der Waals surface area contributed by atoms with Crippen LogP contribution in [0, 0.1) is 0 Å². The molecular weight excluding hydrogens is 212 g/mol. The van der Waals surface area contributed by atoms with E-state index in [0.717, 1.165) is 17.1 Å². The molecule has 0 aliphatic rings. The van der Waals surface area contributed by atoms with Crippen LogP contribution in [0.1, 0.15) is 12.5 Å². The fourth-order valence-electron chi connectivity index (χ4n) is 1.65. The average molecular weight is 224 g/mol. The van der Waals surface area contributed by atoms with E-state index < -0.39 is 0 Å². The van der Waals surface area contributed by atoms with Gasteiger partial charge in [0.25, 0.3) is 0 Å². The Labute approximate surface area is 93.1 Å². The molecular formula is C11H12OS2. The van der Waals surface area contributed by atoms with Gasteiger partial charge < -0.3 is 4.74 Å². The van der Waals surface area contributed by atoms with Gasteiger partial charge in [0.15, 0.2) is 0 Å². The second kappa shape index (κ2) is 3.83. The van der Waals surface area contributed by atoms with E-state index in [9.17, 15) is 0 Å². The predicted octanol–water partition coefficient (Wildman–Crippen LogP) is 3.76. The van der Waals surface area contributed by atoms with Crippen molar-refractivity contribution < 1.29 is 4.74 Å². The van der Waals surface area contributed by atoms with E-state index >= 15 is 0 Å².